The van der Waals surface area contributed by atoms with Crippen molar-refractivity contribution in [2.45, 2.75) is 44.8 Å². The molecular weight excluding hydrogens is 300 g/mol. The zero-order chi connectivity index (χ0) is 16.9. The van der Waals surface area contributed by atoms with E-state index in [0.717, 1.165) is 0 Å². The van der Waals surface area contributed by atoms with Crippen molar-refractivity contribution in [2.24, 2.45) is 5.92 Å². The summed E-state index contributed by atoms with van der Waals surface area (Å²) in [7, 11) is 0. The summed E-state index contributed by atoms with van der Waals surface area (Å²) < 4.78 is 1.91. The molecule has 0 unspecified atom stereocenters. The van der Waals surface area contributed by atoms with Crippen LogP contribution in [0.15, 0.2) is 48.8 Å². The number of rotatable bonds is 8. The van der Waals surface area contributed by atoms with Gasteiger partial charge in [0, 0.05) is 18.4 Å². The minimum absolute atomic E-state index is 0.0512. The Morgan fingerprint density at radius 2 is 2.00 bits per heavy atom. The molecule has 1 fully saturated rings. The predicted octanol–water partition coefficient (Wildman–Crippen LogP) is 2.69. The first-order valence-electron chi connectivity index (χ1n) is 8.72. The molecule has 2 N–H and O–H groups in total. The first-order valence-corrected chi connectivity index (χ1v) is 8.72. The monoisotopic (exact) mass is 326 g/mol. The van der Waals surface area contributed by atoms with Gasteiger partial charge >= 0.3 is 0 Å². The van der Waals surface area contributed by atoms with E-state index in [0.29, 0.717) is 12.5 Å². The average Bonchev–Trinajstić information content (AvgIpc) is 3.30. The van der Waals surface area contributed by atoms with Crippen molar-refractivity contribution in [3.63, 3.8) is 0 Å². The molecular formula is C19H26N4O. The molecule has 24 heavy (non-hydrogen) atoms. The molecule has 3 rings (SSSR count). The Bertz CT molecular complexity index is 637. The van der Waals surface area contributed by atoms with Crippen LogP contribution in [0.3, 0.4) is 0 Å². The van der Waals surface area contributed by atoms with Gasteiger partial charge in [-0.3, -0.25) is 9.48 Å². The third-order valence-electron chi connectivity index (χ3n) is 4.82. The van der Waals surface area contributed by atoms with E-state index >= 15 is 0 Å². The largest absolute Gasteiger partial charge is 0.348 e. The Kier molecular flexibility index (Phi) is 5.30. The molecule has 5 heteroatoms. The molecule has 1 saturated carbocycles. The van der Waals surface area contributed by atoms with Gasteiger partial charge in [0.25, 0.3) is 0 Å². The summed E-state index contributed by atoms with van der Waals surface area (Å²) in [4.78, 5) is 12.4. The van der Waals surface area contributed by atoms with Crippen molar-refractivity contribution in [1.82, 2.24) is 20.4 Å². The molecule has 0 bridgehead atoms. The van der Waals surface area contributed by atoms with Gasteiger partial charge in [0.15, 0.2) is 0 Å². The number of carbonyl (C=O) groups is 1. The number of aromatic nitrogens is 2. The fourth-order valence-electron chi connectivity index (χ4n) is 2.96. The van der Waals surface area contributed by atoms with Crippen molar-refractivity contribution >= 4 is 5.91 Å². The number of nitrogens with one attached hydrogen (secondary N) is 2. The third kappa shape index (κ3) is 4.23. The zero-order valence-corrected chi connectivity index (χ0v) is 14.4. The van der Waals surface area contributed by atoms with Gasteiger partial charge in [0.05, 0.1) is 18.6 Å². The standard InChI is InChI=1S/C19H26N4O/c1-14(15(2)23-12-6-11-21-23)20-13-18(24)22-19(17-9-10-17)16-7-4-3-5-8-16/h3-8,11-12,14-15,17,19-20H,9-10,13H2,1-2H3,(H,22,24)/t14-,15+,19-/m0/s1. The van der Waals surface area contributed by atoms with Gasteiger partial charge in [-0.05, 0) is 44.2 Å². The van der Waals surface area contributed by atoms with Crippen LogP contribution in [0.5, 0.6) is 0 Å². The number of amides is 1. The quantitative estimate of drug-likeness (QED) is 0.784. The molecule has 1 aliphatic rings. The summed E-state index contributed by atoms with van der Waals surface area (Å²) in [6, 6.07) is 12.7. The summed E-state index contributed by atoms with van der Waals surface area (Å²) in [6.07, 6.45) is 6.11. The van der Waals surface area contributed by atoms with E-state index in [-0.39, 0.29) is 24.0 Å². The second-order valence-corrected chi connectivity index (χ2v) is 6.69. The highest BCUT2D eigenvalue weighted by Gasteiger charge is 2.33. The Morgan fingerprint density at radius 1 is 1.25 bits per heavy atom. The number of hydrogen-bond donors (Lipinski definition) is 2. The molecule has 0 radical (unpaired) electrons. The van der Waals surface area contributed by atoms with Crippen LogP contribution in [-0.2, 0) is 4.79 Å². The third-order valence-corrected chi connectivity index (χ3v) is 4.82. The molecule has 1 heterocycles. The summed E-state index contributed by atoms with van der Waals surface area (Å²) in [5.41, 5.74) is 1.20. The maximum absolute atomic E-state index is 12.4. The van der Waals surface area contributed by atoms with Crippen molar-refractivity contribution < 1.29 is 4.79 Å². The summed E-state index contributed by atoms with van der Waals surface area (Å²) in [5, 5.41) is 10.8. The van der Waals surface area contributed by atoms with Crippen molar-refractivity contribution in [2.75, 3.05) is 6.54 Å². The van der Waals surface area contributed by atoms with Crippen LogP contribution < -0.4 is 10.6 Å². The van der Waals surface area contributed by atoms with Gasteiger partial charge in [-0.1, -0.05) is 30.3 Å². The minimum atomic E-state index is 0.0512. The van der Waals surface area contributed by atoms with E-state index in [4.69, 9.17) is 0 Å². The van der Waals surface area contributed by atoms with Crippen LogP contribution >= 0.6 is 0 Å². The Hall–Kier alpha value is -2.14. The van der Waals surface area contributed by atoms with E-state index < -0.39 is 0 Å². The van der Waals surface area contributed by atoms with Crippen molar-refractivity contribution in [1.29, 1.82) is 0 Å². The van der Waals surface area contributed by atoms with Gasteiger partial charge in [-0.15, -0.1) is 0 Å². The van der Waals surface area contributed by atoms with Crippen LogP contribution in [0.25, 0.3) is 0 Å². The maximum atomic E-state index is 12.4. The average molecular weight is 326 g/mol. The van der Waals surface area contributed by atoms with Gasteiger partial charge in [0.2, 0.25) is 5.91 Å². The topological polar surface area (TPSA) is 59.0 Å². The van der Waals surface area contributed by atoms with E-state index in [1.807, 2.05) is 35.1 Å². The van der Waals surface area contributed by atoms with Crippen molar-refractivity contribution in [3.8, 4) is 0 Å². The van der Waals surface area contributed by atoms with E-state index in [1.165, 1.54) is 18.4 Å². The van der Waals surface area contributed by atoms with Crippen LogP contribution in [-0.4, -0.2) is 28.3 Å². The number of benzene rings is 1. The normalized spacial score (nSPS) is 17.9. The minimum Gasteiger partial charge on any atom is -0.348 e. The lowest BCUT2D eigenvalue weighted by Gasteiger charge is -2.23. The van der Waals surface area contributed by atoms with Crippen LogP contribution in [0.4, 0.5) is 0 Å². The SMILES string of the molecule is C[C@H](NCC(=O)N[C@@H](c1ccccc1)C1CC1)[C@@H](C)n1cccn1. The van der Waals surface area contributed by atoms with Crippen LogP contribution in [0.2, 0.25) is 0 Å². The fourth-order valence-corrected chi connectivity index (χ4v) is 2.96. The molecule has 1 amide bonds. The molecule has 3 atom stereocenters. The smallest absolute Gasteiger partial charge is 0.234 e. The molecule has 2 aromatic rings. The second-order valence-electron chi connectivity index (χ2n) is 6.69. The molecule has 1 aromatic carbocycles. The Morgan fingerprint density at radius 3 is 2.62 bits per heavy atom. The summed E-state index contributed by atoms with van der Waals surface area (Å²) >= 11 is 0. The maximum Gasteiger partial charge on any atom is 0.234 e. The second kappa shape index (κ2) is 7.62. The number of nitrogens with zero attached hydrogens (tertiary/aromatic N) is 2. The summed E-state index contributed by atoms with van der Waals surface area (Å²) in [5.74, 6) is 0.632. The number of hydrogen-bond acceptors (Lipinski definition) is 3. The molecule has 5 nitrogen and oxygen atoms in total. The molecule has 0 spiro atoms. The highest BCUT2D eigenvalue weighted by atomic mass is 16.2. The van der Waals surface area contributed by atoms with Crippen LogP contribution in [0.1, 0.15) is 44.3 Å². The Balaban J connectivity index is 1.51. The highest BCUT2D eigenvalue weighted by molar-refractivity contribution is 5.78. The van der Waals surface area contributed by atoms with Crippen LogP contribution in [0, 0.1) is 5.92 Å². The molecule has 128 valence electrons. The lowest BCUT2D eigenvalue weighted by atomic mass is 10.0. The molecule has 1 aliphatic carbocycles. The first-order chi connectivity index (χ1) is 11.6. The van der Waals surface area contributed by atoms with E-state index in [2.05, 4.69) is 41.7 Å². The van der Waals surface area contributed by atoms with Gasteiger partial charge in [0.1, 0.15) is 0 Å². The fraction of sp³-hybridized carbons (Fsp3) is 0.474. The first kappa shape index (κ1) is 16.7. The van der Waals surface area contributed by atoms with Gasteiger partial charge < -0.3 is 10.6 Å². The molecule has 0 saturated heterocycles. The zero-order valence-electron chi connectivity index (χ0n) is 14.4. The van der Waals surface area contributed by atoms with Gasteiger partial charge in [-0.2, -0.15) is 5.10 Å². The molecule has 1 aromatic heterocycles. The lowest BCUT2D eigenvalue weighted by Crippen LogP contribution is -2.42. The van der Waals surface area contributed by atoms with Crippen molar-refractivity contribution in [3.05, 3.63) is 54.4 Å². The highest BCUT2D eigenvalue weighted by Crippen LogP contribution is 2.40. The van der Waals surface area contributed by atoms with E-state index in [9.17, 15) is 4.79 Å². The van der Waals surface area contributed by atoms with E-state index in [1.54, 1.807) is 6.20 Å². The van der Waals surface area contributed by atoms with Gasteiger partial charge in [-0.25, -0.2) is 0 Å². The predicted molar refractivity (Wildman–Crippen MR) is 94.5 cm³/mol. The summed E-state index contributed by atoms with van der Waals surface area (Å²) in [6.45, 7) is 4.50. The molecule has 0 aliphatic heterocycles. The lowest BCUT2D eigenvalue weighted by molar-refractivity contribution is -0.121. The Labute approximate surface area is 143 Å². The number of carbonyl (C=O) groups excluding carboxylic acids is 1.